The molecular weight excluding hydrogens is 622 g/mol. The van der Waals surface area contributed by atoms with Crippen molar-refractivity contribution in [2.24, 2.45) is 11.8 Å². The van der Waals surface area contributed by atoms with Crippen LogP contribution in [0.2, 0.25) is 0 Å². The van der Waals surface area contributed by atoms with E-state index in [0.29, 0.717) is 22.6 Å². The SMILES string of the molecule is COc1ccc([C@@H]2[C@@H]3C(=O)N(c4cccc(F)c4)C(=O)[C@@H]3N3[C@H](c4ccc(OC)cc4)[C@H]4C(=O)N(c5cccc(F)c5)C(=O)[C@H]4N23)cc1. The van der Waals surface area contributed by atoms with Gasteiger partial charge in [-0.05, 0) is 71.8 Å². The summed E-state index contributed by atoms with van der Waals surface area (Å²) in [5, 5.41) is 3.41. The van der Waals surface area contributed by atoms with Crippen molar-refractivity contribution in [1.82, 2.24) is 10.0 Å². The summed E-state index contributed by atoms with van der Waals surface area (Å²) < 4.78 is 39.5. The lowest BCUT2D eigenvalue weighted by molar-refractivity contribution is -0.136. The highest BCUT2D eigenvalue weighted by atomic mass is 19.1. The molecule has 0 N–H and O–H groups in total. The summed E-state index contributed by atoms with van der Waals surface area (Å²) in [5.41, 5.74) is 1.39. The smallest absolute Gasteiger partial charge is 0.253 e. The van der Waals surface area contributed by atoms with E-state index in [1.165, 1.54) is 50.6 Å². The quantitative estimate of drug-likeness (QED) is 0.283. The van der Waals surface area contributed by atoms with Gasteiger partial charge in [0.05, 0.1) is 49.5 Å². The topological polar surface area (TPSA) is 99.7 Å². The van der Waals surface area contributed by atoms with Gasteiger partial charge in [0.25, 0.3) is 11.8 Å². The average Bonchev–Trinajstić information content (AvgIpc) is 3.76. The number of rotatable bonds is 6. The fraction of sp³-hybridized carbons (Fsp3) is 0.222. The van der Waals surface area contributed by atoms with E-state index in [2.05, 4.69) is 0 Å². The number of carbonyl (C=O) groups is 4. The van der Waals surface area contributed by atoms with E-state index in [1.807, 2.05) is 0 Å². The first-order valence-corrected chi connectivity index (χ1v) is 15.3. The predicted molar refractivity (Wildman–Crippen MR) is 167 cm³/mol. The highest BCUT2D eigenvalue weighted by Crippen LogP contribution is 2.60. The van der Waals surface area contributed by atoms with E-state index in [0.717, 1.165) is 21.9 Å². The van der Waals surface area contributed by atoms with Crippen LogP contribution in [0.5, 0.6) is 11.5 Å². The van der Waals surface area contributed by atoms with E-state index < -0.39 is 71.3 Å². The Morgan fingerprint density at radius 3 is 1.21 bits per heavy atom. The minimum Gasteiger partial charge on any atom is -0.497 e. The van der Waals surface area contributed by atoms with Crippen molar-refractivity contribution < 1.29 is 37.4 Å². The minimum atomic E-state index is -1.13. The summed E-state index contributed by atoms with van der Waals surface area (Å²) in [6.45, 7) is 0. The molecule has 4 amide bonds. The number of anilines is 2. The number of nitrogens with zero attached hydrogens (tertiary/aromatic N) is 4. The first-order chi connectivity index (χ1) is 23.2. The zero-order valence-electron chi connectivity index (χ0n) is 25.7. The number of ether oxygens (including phenoxy) is 2. The summed E-state index contributed by atoms with van der Waals surface area (Å²) >= 11 is 0. The molecule has 4 aromatic carbocycles. The van der Waals surface area contributed by atoms with Gasteiger partial charge in [-0.3, -0.25) is 19.2 Å². The van der Waals surface area contributed by atoms with E-state index in [1.54, 1.807) is 58.5 Å². The molecule has 0 saturated carbocycles. The Kier molecular flexibility index (Phi) is 6.90. The third-order valence-electron chi connectivity index (χ3n) is 9.77. The molecule has 4 aliphatic rings. The van der Waals surface area contributed by atoms with E-state index in [-0.39, 0.29) is 11.4 Å². The maximum Gasteiger partial charge on any atom is 0.253 e. The maximum atomic E-state index is 14.5. The number of benzene rings is 4. The summed E-state index contributed by atoms with van der Waals surface area (Å²) in [6.07, 6.45) is 0. The van der Waals surface area contributed by atoms with Crippen LogP contribution in [0, 0.1) is 23.5 Å². The van der Waals surface area contributed by atoms with E-state index in [4.69, 9.17) is 9.47 Å². The largest absolute Gasteiger partial charge is 0.497 e. The molecule has 8 rings (SSSR count). The van der Waals surface area contributed by atoms with Gasteiger partial charge in [0.15, 0.2) is 0 Å². The zero-order valence-corrected chi connectivity index (χ0v) is 25.7. The van der Waals surface area contributed by atoms with Gasteiger partial charge in [-0.1, -0.05) is 36.4 Å². The lowest BCUT2D eigenvalue weighted by Gasteiger charge is -2.35. The Labute approximate surface area is 273 Å². The third kappa shape index (κ3) is 4.22. The minimum absolute atomic E-state index is 0.0873. The van der Waals surface area contributed by atoms with Gasteiger partial charge < -0.3 is 9.47 Å². The molecule has 0 spiro atoms. The molecule has 0 aliphatic carbocycles. The van der Waals surface area contributed by atoms with Gasteiger partial charge in [-0.2, -0.15) is 0 Å². The highest BCUT2D eigenvalue weighted by molar-refractivity contribution is 6.26. The Morgan fingerprint density at radius 2 is 0.875 bits per heavy atom. The number of methoxy groups -OCH3 is 2. The van der Waals surface area contributed by atoms with Gasteiger partial charge in [0, 0.05) is 0 Å². The lowest BCUT2D eigenvalue weighted by atomic mass is 9.84. The molecular formula is C36H28F2N4O6. The number of amides is 4. The van der Waals surface area contributed by atoms with Gasteiger partial charge in [-0.25, -0.2) is 28.6 Å². The molecule has 0 radical (unpaired) electrons. The van der Waals surface area contributed by atoms with E-state index in [9.17, 15) is 28.0 Å². The van der Waals surface area contributed by atoms with Crippen molar-refractivity contribution in [3.05, 3.63) is 120 Å². The van der Waals surface area contributed by atoms with Gasteiger partial charge >= 0.3 is 0 Å². The standard InChI is InChI=1S/C36H28F2N4O6/c1-47-25-13-9-19(10-14-25)29-27-31(35(45)39(33(27)43)23-7-3-5-21(37)17-23)42-30(20-11-15-26(48-2)16-12-20)28-32(41(29)42)36(46)40(34(28)44)24-8-4-6-22(38)18-24/h3-18,27-32H,1-2H3/t27-,28+,29-,30-,31+,32-/m1/s1. The Bertz CT molecular complexity index is 1850. The molecule has 4 saturated heterocycles. The van der Waals surface area contributed by atoms with Crippen LogP contribution in [0.1, 0.15) is 23.2 Å². The van der Waals surface area contributed by atoms with Crippen molar-refractivity contribution in [2.45, 2.75) is 24.2 Å². The molecule has 12 heteroatoms. The zero-order chi connectivity index (χ0) is 33.4. The van der Waals surface area contributed by atoms with Crippen LogP contribution in [0.25, 0.3) is 0 Å². The first kappa shape index (κ1) is 29.9. The summed E-state index contributed by atoms with van der Waals surface area (Å²) in [4.78, 5) is 59.8. The number of hydrazine groups is 1. The molecule has 4 heterocycles. The molecule has 6 atom stereocenters. The van der Waals surface area contributed by atoms with Crippen molar-refractivity contribution in [1.29, 1.82) is 0 Å². The van der Waals surface area contributed by atoms with E-state index >= 15 is 0 Å². The second-order valence-electron chi connectivity index (χ2n) is 12.1. The number of carbonyl (C=O) groups excluding carboxylic acids is 4. The van der Waals surface area contributed by atoms with Crippen LogP contribution in [0.4, 0.5) is 20.2 Å². The average molecular weight is 651 g/mol. The molecule has 0 unspecified atom stereocenters. The van der Waals surface area contributed by atoms with Crippen molar-refractivity contribution >= 4 is 35.0 Å². The fourth-order valence-electron chi connectivity index (χ4n) is 7.84. The third-order valence-corrected chi connectivity index (χ3v) is 9.77. The lowest BCUT2D eigenvalue weighted by Crippen LogP contribution is -2.50. The number of hydrogen-bond acceptors (Lipinski definition) is 8. The second-order valence-corrected chi connectivity index (χ2v) is 12.1. The van der Waals surface area contributed by atoms with Crippen LogP contribution in [-0.2, 0) is 19.2 Å². The van der Waals surface area contributed by atoms with Gasteiger partial charge in [-0.15, -0.1) is 0 Å². The second kappa shape index (κ2) is 11.1. The number of halogens is 2. The van der Waals surface area contributed by atoms with Gasteiger partial charge in [0.2, 0.25) is 11.8 Å². The van der Waals surface area contributed by atoms with Crippen LogP contribution in [0.15, 0.2) is 97.1 Å². The molecule has 0 aromatic heterocycles. The highest BCUT2D eigenvalue weighted by Gasteiger charge is 2.73. The Balaban J connectivity index is 1.33. The normalized spacial score (nSPS) is 26.7. The van der Waals surface area contributed by atoms with Crippen LogP contribution < -0.4 is 19.3 Å². The summed E-state index contributed by atoms with van der Waals surface area (Å²) in [5.74, 6) is -4.49. The molecule has 4 aromatic rings. The number of fused-ring (bicyclic) bond motifs is 5. The predicted octanol–water partition coefficient (Wildman–Crippen LogP) is 4.43. The van der Waals surface area contributed by atoms with Crippen LogP contribution in [-0.4, -0.2) is 59.9 Å². The van der Waals surface area contributed by atoms with Gasteiger partial charge in [0.1, 0.15) is 35.2 Å². The molecule has 4 fully saturated rings. The van der Waals surface area contributed by atoms with Crippen LogP contribution in [0.3, 0.4) is 0 Å². The summed E-state index contributed by atoms with van der Waals surface area (Å²) in [7, 11) is 3.04. The molecule has 0 bridgehead atoms. The first-order valence-electron chi connectivity index (χ1n) is 15.3. The van der Waals surface area contributed by atoms with Crippen LogP contribution >= 0.6 is 0 Å². The van der Waals surface area contributed by atoms with Crippen molar-refractivity contribution in [3.8, 4) is 11.5 Å². The molecule has 10 nitrogen and oxygen atoms in total. The van der Waals surface area contributed by atoms with Crippen molar-refractivity contribution in [2.75, 3.05) is 24.0 Å². The monoisotopic (exact) mass is 650 g/mol. The Hall–Kier alpha value is -5.46. The molecule has 48 heavy (non-hydrogen) atoms. The molecule has 4 aliphatic heterocycles. The summed E-state index contributed by atoms with van der Waals surface area (Å²) in [6, 6.07) is 20.4. The number of imide groups is 2. The fourth-order valence-corrected chi connectivity index (χ4v) is 7.84. The Morgan fingerprint density at radius 1 is 0.500 bits per heavy atom. The number of hydrogen-bond donors (Lipinski definition) is 0. The molecule has 242 valence electrons. The maximum absolute atomic E-state index is 14.5. The van der Waals surface area contributed by atoms with Crippen molar-refractivity contribution in [3.63, 3.8) is 0 Å².